The maximum absolute atomic E-state index is 15.1. The van der Waals surface area contributed by atoms with Crippen LogP contribution in [0.3, 0.4) is 0 Å². The van der Waals surface area contributed by atoms with Crippen molar-refractivity contribution >= 4 is 50.3 Å². The first-order valence-electron chi connectivity index (χ1n) is 21.2. The highest BCUT2D eigenvalue weighted by molar-refractivity contribution is 6.19. The Morgan fingerprint density at radius 1 is 0.633 bits per heavy atom. The minimum absolute atomic E-state index is 0.0459. The Bertz CT molecular complexity index is 3090. The summed E-state index contributed by atoms with van der Waals surface area (Å²) in [6, 6.07) is 43.2. The predicted molar refractivity (Wildman–Crippen MR) is 241 cm³/mol. The Morgan fingerprint density at radius 3 is 2.05 bits per heavy atom. The minimum atomic E-state index is -1.03. The summed E-state index contributed by atoms with van der Waals surface area (Å²) in [5, 5.41) is 2.38. The fraction of sp³-hybridized carbons (Fsp3) is 0.148. The van der Waals surface area contributed by atoms with Gasteiger partial charge in [0.2, 0.25) is 0 Å². The van der Waals surface area contributed by atoms with Crippen molar-refractivity contribution in [3.05, 3.63) is 221 Å². The number of rotatable bonds is 6. The summed E-state index contributed by atoms with van der Waals surface area (Å²) in [7, 11) is 0. The van der Waals surface area contributed by atoms with Crippen LogP contribution in [0.5, 0.6) is 0 Å². The highest BCUT2D eigenvalue weighted by atomic mass is 19.1. The summed E-state index contributed by atoms with van der Waals surface area (Å²) < 4.78 is 32.7. The van der Waals surface area contributed by atoms with E-state index in [1.165, 1.54) is 61.2 Å². The second-order valence-electron chi connectivity index (χ2n) is 16.8. The molecule has 5 aromatic carbocycles. The molecule has 7 aliphatic rings. The van der Waals surface area contributed by atoms with E-state index in [9.17, 15) is 0 Å². The van der Waals surface area contributed by atoms with E-state index >= 15 is 8.78 Å². The molecule has 4 nitrogen and oxygen atoms in total. The molecule has 0 spiro atoms. The Morgan fingerprint density at radius 2 is 1.30 bits per heavy atom. The van der Waals surface area contributed by atoms with Crippen molar-refractivity contribution in [2.45, 2.75) is 49.5 Å². The maximum atomic E-state index is 15.1. The molecule has 0 saturated carbocycles. The molecule has 4 heterocycles. The SMILES string of the molecule is FC1C=C(N(C2=CC=C3C4=C(CC5C(=C4)n4c6ccccc6c6c(N(C7=CC(F)CC=C7)c7ccccc7)ccc5c64)N4c5ccccc5C2C34)c2ccccc2)C=CC1. The number of anilines is 4. The number of nitrogens with zero attached hydrogens (tertiary/aromatic N) is 4. The van der Waals surface area contributed by atoms with E-state index < -0.39 is 12.3 Å². The quantitative estimate of drug-likeness (QED) is 0.167. The molecule has 60 heavy (non-hydrogen) atoms. The molecule has 5 atom stereocenters. The third kappa shape index (κ3) is 4.70. The standard InChI is InChI=1S/C54H40F2N4/c55-33-13-11-19-37(29-33)57(35-15-3-1-4-16-35)47-27-25-39-43-31-50-44(32-49(43)59-45-23-9-7-21-41(45)51(47)53(39)59)40-26-28-48(52-42-22-8-10-24-46(42)60(50)54(40)52)58(36-17-5-2-6-18-36)38-20-12-14-34(56)30-38/h1-12,15-31,33-34,44,51,53H,13-14,32H2. The Balaban J connectivity index is 1.000. The molecule has 4 aliphatic carbocycles. The van der Waals surface area contributed by atoms with Gasteiger partial charge in [-0.25, -0.2) is 8.78 Å². The topological polar surface area (TPSA) is 14.7 Å². The van der Waals surface area contributed by atoms with Gasteiger partial charge in [0, 0.05) is 87.1 Å². The molecular formula is C54H40F2N4. The van der Waals surface area contributed by atoms with Crippen molar-refractivity contribution in [3.8, 4) is 0 Å². The maximum Gasteiger partial charge on any atom is 0.124 e. The van der Waals surface area contributed by atoms with Gasteiger partial charge in [-0.3, -0.25) is 0 Å². The van der Waals surface area contributed by atoms with Crippen molar-refractivity contribution in [1.82, 2.24) is 4.57 Å². The number of hydrogen-bond donors (Lipinski definition) is 0. The average Bonchev–Trinajstić information content (AvgIpc) is 4.01. The van der Waals surface area contributed by atoms with Crippen LogP contribution in [0.2, 0.25) is 0 Å². The number of para-hydroxylation sites is 4. The molecule has 0 N–H and O–H groups in total. The van der Waals surface area contributed by atoms with Gasteiger partial charge in [0.05, 0.1) is 28.7 Å². The first-order chi connectivity index (χ1) is 29.6. The summed E-state index contributed by atoms with van der Waals surface area (Å²) in [6.07, 6.45) is 18.3. The van der Waals surface area contributed by atoms with Crippen LogP contribution in [0.4, 0.5) is 31.5 Å². The first kappa shape index (κ1) is 34.0. The lowest BCUT2D eigenvalue weighted by Crippen LogP contribution is -2.37. The van der Waals surface area contributed by atoms with Crippen LogP contribution in [0.25, 0.3) is 27.5 Å². The summed E-state index contributed by atoms with van der Waals surface area (Å²) in [4.78, 5) is 7.16. The van der Waals surface area contributed by atoms with E-state index in [2.05, 4.69) is 159 Å². The Hall–Kier alpha value is -6.92. The number of halogens is 2. The van der Waals surface area contributed by atoms with Gasteiger partial charge in [0.25, 0.3) is 0 Å². The predicted octanol–water partition coefficient (Wildman–Crippen LogP) is 13.2. The van der Waals surface area contributed by atoms with Crippen molar-refractivity contribution in [2.75, 3.05) is 14.7 Å². The van der Waals surface area contributed by atoms with E-state index in [1.807, 2.05) is 24.3 Å². The van der Waals surface area contributed by atoms with Gasteiger partial charge in [0.1, 0.15) is 12.3 Å². The number of alkyl halides is 2. The summed E-state index contributed by atoms with van der Waals surface area (Å²) >= 11 is 0. The van der Waals surface area contributed by atoms with Crippen molar-refractivity contribution in [3.63, 3.8) is 0 Å². The van der Waals surface area contributed by atoms with Crippen molar-refractivity contribution in [2.24, 2.45) is 0 Å². The zero-order chi connectivity index (χ0) is 39.6. The normalized spacial score (nSPS) is 24.1. The van der Waals surface area contributed by atoms with Crippen LogP contribution in [0.1, 0.15) is 42.2 Å². The van der Waals surface area contributed by atoms with Crippen LogP contribution < -0.4 is 14.7 Å². The summed E-state index contributed by atoms with van der Waals surface area (Å²) in [5.41, 5.74) is 17.6. The lowest BCUT2D eigenvalue weighted by atomic mass is 9.79. The van der Waals surface area contributed by atoms with Crippen molar-refractivity contribution in [1.29, 1.82) is 0 Å². The van der Waals surface area contributed by atoms with Gasteiger partial charge < -0.3 is 19.3 Å². The fourth-order valence-corrected chi connectivity index (χ4v) is 11.4. The van der Waals surface area contributed by atoms with Crippen LogP contribution >= 0.6 is 0 Å². The molecule has 0 amide bonds. The van der Waals surface area contributed by atoms with Gasteiger partial charge in [-0.1, -0.05) is 97.1 Å². The molecule has 6 aromatic rings. The van der Waals surface area contributed by atoms with E-state index in [-0.39, 0.29) is 17.9 Å². The zero-order valence-electron chi connectivity index (χ0n) is 32.8. The van der Waals surface area contributed by atoms with Crippen LogP contribution in [-0.2, 0) is 0 Å². The lowest BCUT2D eigenvalue weighted by Gasteiger charge is -2.38. The molecule has 0 saturated heterocycles. The van der Waals surface area contributed by atoms with Crippen molar-refractivity contribution < 1.29 is 8.78 Å². The second kappa shape index (κ2) is 12.8. The van der Waals surface area contributed by atoms with Gasteiger partial charge >= 0.3 is 0 Å². The Kier molecular flexibility index (Phi) is 7.25. The number of allylic oxidation sites excluding steroid dienone is 11. The van der Waals surface area contributed by atoms with Gasteiger partial charge in [-0.15, -0.1) is 0 Å². The Labute approximate surface area is 347 Å². The van der Waals surface area contributed by atoms with E-state index in [1.54, 1.807) is 12.2 Å². The highest BCUT2D eigenvalue weighted by Crippen LogP contribution is 2.62. The lowest BCUT2D eigenvalue weighted by molar-refractivity contribution is 0.399. The number of aromatic nitrogens is 1. The molecule has 290 valence electrons. The highest BCUT2D eigenvalue weighted by Gasteiger charge is 2.53. The van der Waals surface area contributed by atoms with E-state index in [0.717, 1.165) is 40.6 Å². The van der Waals surface area contributed by atoms with E-state index in [4.69, 9.17) is 0 Å². The largest absolute Gasteiger partial charge is 0.336 e. The third-order valence-electron chi connectivity index (χ3n) is 13.7. The number of fused-ring (bicyclic) bond motifs is 11. The molecule has 5 unspecified atom stereocenters. The van der Waals surface area contributed by atoms with Gasteiger partial charge in [-0.2, -0.15) is 0 Å². The number of benzene rings is 5. The molecule has 6 heteroatoms. The molecule has 0 bridgehead atoms. The van der Waals surface area contributed by atoms with E-state index in [0.29, 0.717) is 12.8 Å². The first-order valence-corrected chi connectivity index (χ1v) is 21.2. The smallest absolute Gasteiger partial charge is 0.124 e. The number of hydrogen-bond acceptors (Lipinski definition) is 3. The van der Waals surface area contributed by atoms with Gasteiger partial charge in [0.15, 0.2) is 0 Å². The van der Waals surface area contributed by atoms with Crippen LogP contribution in [0.15, 0.2) is 210 Å². The second-order valence-corrected chi connectivity index (χ2v) is 16.8. The molecule has 0 fully saturated rings. The summed E-state index contributed by atoms with van der Waals surface area (Å²) in [5.74, 6) is 0.206. The monoisotopic (exact) mass is 782 g/mol. The zero-order valence-corrected chi connectivity index (χ0v) is 32.8. The van der Waals surface area contributed by atoms with Gasteiger partial charge in [-0.05, 0) is 95.6 Å². The minimum Gasteiger partial charge on any atom is -0.336 e. The molecule has 0 radical (unpaired) electrons. The molecule has 3 aliphatic heterocycles. The summed E-state index contributed by atoms with van der Waals surface area (Å²) in [6.45, 7) is 0. The van der Waals surface area contributed by atoms with Crippen LogP contribution in [-0.4, -0.2) is 23.0 Å². The average molecular weight is 783 g/mol. The molecule has 1 aromatic heterocycles. The fourth-order valence-electron chi connectivity index (χ4n) is 11.4. The van der Waals surface area contributed by atoms with Crippen LogP contribution in [0, 0.1) is 0 Å². The third-order valence-corrected chi connectivity index (χ3v) is 13.7. The molecular weight excluding hydrogens is 743 g/mol. The molecule has 13 rings (SSSR count).